The van der Waals surface area contributed by atoms with Gasteiger partial charge in [-0.2, -0.15) is 18.9 Å². The minimum absolute atomic E-state index is 0.0287. The van der Waals surface area contributed by atoms with Crippen molar-refractivity contribution in [3.05, 3.63) is 47.2 Å². The number of aromatic hydroxyl groups is 1. The normalized spacial score (nSPS) is 28.2. The van der Waals surface area contributed by atoms with Crippen molar-refractivity contribution in [2.24, 2.45) is 7.05 Å². The van der Waals surface area contributed by atoms with Gasteiger partial charge in [0.25, 0.3) is 5.69 Å². The van der Waals surface area contributed by atoms with Gasteiger partial charge in [-0.25, -0.2) is 8.78 Å². The molecule has 246 valence electrons. The highest BCUT2D eigenvalue weighted by atomic mass is 19.1. The molecule has 2 aromatic heterocycles. The number of hydrogen-bond donors (Lipinski definition) is 2. The molecule has 7 heterocycles. The van der Waals surface area contributed by atoms with Crippen LogP contribution in [0.25, 0.3) is 32.9 Å². The second-order valence-corrected chi connectivity index (χ2v) is 14.4. The first-order chi connectivity index (χ1) is 22.8. The van der Waals surface area contributed by atoms with Gasteiger partial charge in [-0.3, -0.25) is 4.90 Å². The Morgan fingerprint density at radius 1 is 1.11 bits per heavy atom. The summed E-state index contributed by atoms with van der Waals surface area (Å²) in [6.07, 6.45) is 7.26. The summed E-state index contributed by atoms with van der Waals surface area (Å²) in [6.45, 7) is 3.25. The van der Waals surface area contributed by atoms with Crippen molar-refractivity contribution >= 4 is 27.5 Å². The molecule has 9 rings (SSSR count). The lowest BCUT2D eigenvalue weighted by atomic mass is 9.95. The van der Waals surface area contributed by atoms with Crippen molar-refractivity contribution in [1.82, 2.24) is 20.2 Å². The van der Waals surface area contributed by atoms with Crippen molar-refractivity contribution in [2.75, 3.05) is 31.3 Å². The third-order valence-corrected chi connectivity index (χ3v) is 12.1. The maximum Gasteiger partial charge on any atom is 0.319 e. The number of phenols is 1. The van der Waals surface area contributed by atoms with Gasteiger partial charge in [0.05, 0.1) is 11.1 Å². The number of phenolic OH excluding ortho intramolecular Hbond substituents is 1. The number of rotatable bonds is 5. The summed E-state index contributed by atoms with van der Waals surface area (Å²) >= 11 is 0. The molecular weight excluding hydrogens is 605 g/mol. The molecule has 0 saturated carbocycles. The van der Waals surface area contributed by atoms with E-state index in [-0.39, 0.29) is 47.3 Å². The number of pyridine rings is 1. The third-order valence-electron chi connectivity index (χ3n) is 12.1. The summed E-state index contributed by atoms with van der Waals surface area (Å²) in [5, 5.41) is 16.4. The van der Waals surface area contributed by atoms with E-state index in [1.165, 1.54) is 12.1 Å². The Morgan fingerprint density at radius 2 is 1.98 bits per heavy atom. The van der Waals surface area contributed by atoms with E-state index in [0.29, 0.717) is 58.2 Å². The zero-order chi connectivity index (χ0) is 32.2. The van der Waals surface area contributed by atoms with E-state index in [0.717, 1.165) is 63.7 Å². The van der Waals surface area contributed by atoms with Crippen molar-refractivity contribution in [3.8, 4) is 23.0 Å². The number of aromatic nitrogens is 3. The molecule has 5 aliphatic heterocycles. The smallest absolute Gasteiger partial charge is 0.319 e. The molecule has 5 atom stereocenters. The number of anilines is 1. The van der Waals surface area contributed by atoms with Crippen LogP contribution in [0.15, 0.2) is 24.3 Å². The van der Waals surface area contributed by atoms with E-state index in [2.05, 4.69) is 15.1 Å². The first-order valence-electron chi connectivity index (χ1n) is 17.1. The first kappa shape index (κ1) is 29.4. The second kappa shape index (κ2) is 10.7. The average Bonchev–Trinajstić information content (AvgIpc) is 3.72. The minimum Gasteiger partial charge on any atom is -0.508 e. The van der Waals surface area contributed by atoms with Crippen LogP contribution < -0.4 is 19.5 Å². The number of nitrogens with one attached hydrogen (secondary N) is 1. The fourth-order valence-corrected chi connectivity index (χ4v) is 9.82. The summed E-state index contributed by atoms with van der Waals surface area (Å²) < 4.78 is 54.5. The lowest BCUT2D eigenvalue weighted by molar-refractivity contribution is -0.667. The summed E-state index contributed by atoms with van der Waals surface area (Å²) in [5.41, 5.74) is 1.83. The number of benzene rings is 2. The number of hydrogen-bond acceptors (Lipinski definition) is 7. The largest absolute Gasteiger partial charge is 0.508 e. The van der Waals surface area contributed by atoms with Crippen molar-refractivity contribution in [1.29, 1.82) is 0 Å². The molecule has 11 heteroatoms. The second-order valence-electron chi connectivity index (χ2n) is 14.4. The molecule has 4 fully saturated rings. The van der Waals surface area contributed by atoms with Crippen LogP contribution in [-0.4, -0.2) is 76.1 Å². The number of aryl methyl sites for hydroxylation is 2. The fraction of sp³-hybridized carbons (Fsp3) is 0.528. The predicted molar refractivity (Wildman–Crippen MR) is 173 cm³/mol. The molecule has 0 amide bonds. The zero-order valence-electron chi connectivity index (χ0n) is 26.8. The Hall–Kier alpha value is -3.70. The van der Waals surface area contributed by atoms with E-state index in [1.54, 1.807) is 19.1 Å². The van der Waals surface area contributed by atoms with Crippen molar-refractivity contribution in [2.45, 2.75) is 88.0 Å². The Bertz CT molecular complexity index is 1960. The molecule has 0 aliphatic carbocycles. The standard InChI is InChI=1S/C36H39F3N6O2/c1-19-25(38)6-4-20-14-23(46)15-24(29(19)20)33-31(39)32-30-28(43(33)2)9-8-27-26-7-5-21(40-26)17-44(27)34(30)42-35(41-32)47-18-36-11-3-13-45(36)22(16-37)10-12-36/h4,6,14-15,21-22,26-27,40H,3,5,7-13,16-18H2,1-2H3/p+1/t21-,22+,26+,27-,36+/m1/s1. The fourth-order valence-electron chi connectivity index (χ4n) is 9.82. The van der Waals surface area contributed by atoms with Gasteiger partial charge in [-0.15, -0.1) is 0 Å². The van der Waals surface area contributed by atoms with Crippen LogP contribution in [0.5, 0.6) is 11.8 Å². The van der Waals surface area contributed by atoms with Gasteiger partial charge in [-0.1, -0.05) is 6.07 Å². The van der Waals surface area contributed by atoms with Gasteiger partial charge in [0.1, 0.15) is 42.8 Å². The van der Waals surface area contributed by atoms with Gasteiger partial charge < -0.3 is 20.1 Å². The van der Waals surface area contributed by atoms with Gasteiger partial charge in [-0.05, 0) is 87.6 Å². The van der Waals surface area contributed by atoms with E-state index in [4.69, 9.17) is 14.7 Å². The summed E-state index contributed by atoms with van der Waals surface area (Å²) in [6, 6.07) is 6.95. The molecule has 0 radical (unpaired) electrons. The molecule has 2 aromatic carbocycles. The van der Waals surface area contributed by atoms with Gasteiger partial charge in [0.2, 0.25) is 5.82 Å². The topological polar surface area (TPSA) is 77.6 Å². The van der Waals surface area contributed by atoms with Crippen LogP contribution in [-0.2, 0) is 13.5 Å². The Kier molecular flexibility index (Phi) is 6.67. The molecule has 0 spiro atoms. The van der Waals surface area contributed by atoms with E-state index < -0.39 is 11.6 Å². The minimum atomic E-state index is -0.564. The molecule has 0 unspecified atom stereocenters. The Morgan fingerprint density at radius 3 is 2.83 bits per heavy atom. The highest BCUT2D eigenvalue weighted by molar-refractivity contribution is 6.01. The maximum absolute atomic E-state index is 17.4. The SMILES string of the molecule is Cc1c(F)ccc2cc(O)cc(-c3c(F)c4nc(OC[C@@]56CCCN5[C@H](CF)CC6)nc5c4c([n+]3C)CC[C@@H]3[C@@H]4CC[C@H](CN53)N4)c12. The van der Waals surface area contributed by atoms with Gasteiger partial charge in [0.15, 0.2) is 11.5 Å². The molecule has 47 heavy (non-hydrogen) atoms. The molecule has 5 aliphatic rings. The quantitative estimate of drug-likeness (QED) is 0.290. The number of piperazine rings is 1. The van der Waals surface area contributed by atoms with Crippen LogP contribution >= 0.6 is 0 Å². The first-order valence-corrected chi connectivity index (χ1v) is 17.1. The third kappa shape index (κ3) is 4.31. The van der Waals surface area contributed by atoms with Crippen LogP contribution in [0, 0.1) is 18.6 Å². The number of halogens is 3. The lowest BCUT2D eigenvalue weighted by Gasteiger charge is -2.41. The van der Waals surface area contributed by atoms with E-state index in [1.807, 2.05) is 11.6 Å². The average molecular weight is 646 g/mol. The van der Waals surface area contributed by atoms with Crippen LogP contribution in [0.3, 0.4) is 0 Å². The Labute approximate surface area is 271 Å². The van der Waals surface area contributed by atoms with E-state index in [9.17, 15) is 13.9 Å². The predicted octanol–water partition coefficient (Wildman–Crippen LogP) is 5.17. The molecule has 2 bridgehead atoms. The van der Waals surface area contributed by atoms with E-state index >= 15 is 4.39 Å². The monoisotopic (exact) mass is 645 g/mol. The van der Waals surface area contributed by atoms with Crippen LogP contribution in [0.2, 0.25) is 0 Å². The summed E-state index contributed by atoms with van der Waals surface area (Å²) in [5.74, 6) is -0.294. The molecular formula is C36H40F3N6O2+. The molecule has 8 nitrogen and oxygen atoms in total. The molecule has 2 N–H and O–H groups in total. The number of alkyl halides is 1. The number of ether oxygens (including phenoxy) is 1. The zero-order valence-corrected chi connectivity index (χ0v) is 26.8. The highest BCUT2D eigenvalue weighted by Crippen LogP contribution is 2.45. The van der Waals surface area contributed by atoms with Gasteiger partial charge in [0, 0.05) is 42.5 Å². The van der Waals surface area contributed by atoms with Crippen molar-refractivity contribution < 1.29 is 27.6 Å². The van der Waals surface area contributed by atoms with Crippen molar-refractivity contribution in [3.63, 3.8) is 0 Å². The number of nitrogens with zero attached hydrogens (tertiary/aromatic N) is 5. The highest BCUT2D eigenvalue weighted by Gasteiger charge is 2.50. The molecule has 4 saturated heterocycles. The van der Waals surface area contributed by atoms with Crippen LogP contribution in [0.1, 0.15) is 56.2 Å². The lowest BCUT2D eigenvalue weighted by Crippen LogP contribution is -2.58. The maximum atomic E-state index is 17.4. The number of fused-ring (bicyclic) bond motifs is 7. The van der Waals surface area contributed by atoms with Gasteiger partial charge >= 0.3 is 6.01 Å². The van der Waals surface area contributed by atoms with Crippen LogP contribution in [0.4, 0.5) is 19.0 Å². The Balaban J connectivity index is 1.25. The summed E-state index contributed by atoms with van der Waals surface area (Å²) in [4.78, 5) is 14.5. The summed E-state index contributed by atoms with van der Waals surface area (Å²) in [7, 11) is 1.84. The molecule has 4 aromatic rings.